The molecular formula is C12H16O4. The minimum atomic E-state index is -0.451. The van der Waals surface area contributed by atoms with Gasteiger partial charge in [0.25, 0.3) is 0 Å². The summed E-state index contributed by atoms with van der Waals surface area (Å²) in [7, 11) is 1.33. The molecule has 0 N–H and O–H groups in total. The van der Waals surface area contributed by atoms with E-state index in [4.69, 9.17) is 14.2 Å². The summed E-state index contributed by atoms with van der Waals surface area (Å²) >= 11 is 0. The molecule has 88 valence electrons. The van der Waals surface area contributed by atoms with Crippen molar-refractivity contribution in [2.24, 2.45) is 0 Å². The minimum absolute atomic E-state index is 0.341. The normalized spacial score (nSPS) is 9.69. The fourth-order valence-corrected chi connectivity index (χ4v) is 1.37. The van der Waals surface area contributed by atoms with E-state index in [1.807, 2.05) is 13.8 Å². The van der Waals surface area contributed by atoms with Crippen LogP contribution in [0.3, 0.4) is 0 Å². The van der Waals surface area contributed by atoms with Gasteiger partial charge >= 0.3 is 5.97 Å². The van der Waals surface area contributed by atoms with Crippen LogP contribution in [0.25, 0.3) is 0 Å². The minimum Gasteiger partial charge on any atom is -0.493 e. The Labute approximate surface area is 95.1 Å². The molecule has 4 heteroatoms. The van der Waals surface area contributed by atoms with Gasteiger partial charge in [0, 0.05) is 0 Å². The number of carbonyl (C=O) groups is 1. The molecule has 0 aliphatic carbocycles. The Morgan fingerprint density at radius 2 is 1.62 bits per heavy atom. The summed E-state index contributed by atoms with van der Waals surface area (Å²) in [5.41, 5.74) is 0.341. The molecule has 4 nitrogen and oxygen atoms in total. The van der Waals surface area contributed by atoms with Crippen molar-refractivity contribution < 1.29 is 19.0 Å². The molecule has 0 heterocycles. The lowest BCUT2D eigenvalue weighted by Gasteiger charge is -2.13. The number of methoxy groups -OCH3 is 1. The van der Waals surface area contributed by atoms with Gasteiger partial charge in [-0.25, -0.2) is 4.79 Å². The standard InChI is InChI=1S/C12H16O4/c1-4-15-9-7-6-8-10(16-5-2)11(9)12(13)14-3/h6-8H,4-5H2,1-3H3. The van der Waals surface area contributed by atoms with Gasteiger partial charge < -0.3 is 14.2 Å². The van der Waals surface area contributed by atoms with E-state index in [0.29, 0.717) is 30.3 Å². The third-order valence-corrected chi connectivity index (χ3v) is 1.98. The highest BCUT2D eigenvalue weighted by molar-refractivity contribution is 5.95. The molecule has 0 saturated carbocycles. The highest BCUT2D eigenvalue weighted by atomic mass is 16.5. The Bertz CT molecular complexity index is 336. The maximum atomic E-state index is 11.6. The number of ether oxygens (including phenoxy) is 3. The van der Waals surface area contributed by atoms with E-state index in [2.05, 4.69) is 0 Å². The molecule has 1 aromatic carbocycles. The summed E-state index contributed by atoms with van der Waals surface area (Å²) in [6, 6.07) is 5.22. The molecule has 0 unspecified atom stereocenters. The second-order valence-corrected chi connectivity index (χ2v) is 2.99. The molecule has 1 aromatic rings. The van der Waals surface area contributed by atoms with Gasteiger partial charge in [0.05, 0.1) is 20.3 Å². The predicted molar refractivity (Wildman–Crippen MR) is 60.1 cm³/mol. The highest BCUT2D eigenvalue weighted by Crippen LogP contribution is 2.29. The van der Waals surface area contributed by atoms with Crippen molar-refractivity contribution >= 4 is 5.97 Å². The Kier molecular flexibility index (Phi) is 4.64. The number of benzene rings is 1. The number of hydrogen-bond acceptors (Lipinski definition) is 4. The van der Waals surface area contributed by atoms with Crippen LogP contribution in [0.4, 0.5) is 0 Å². The van der Waals surface area contributed by atoms with Crippen molar-refractivity contribution in [1.82, 2.24) is 0 Å². The molecule has 0 aromatic heterocycles. The van der Waals surface area contributed by atoms with Crippen LogP contribution in [-0.2, 0) is 4.74 Å². The van der Waals surface area contributed by atoms with Crippen molar-refractivity contribution in [3.05, 3.63) is 23.8 Å². The van der Waals surface area contributed by atoms with E-state index >= 15 is 0 Å². The smallest absolute Gasteiger partial charge is 0.345 e. The second-order valence-electron chi connectivity index (χ2n) is 2.99. The summed E-state index contributed by atoms with van der Waals surface area (Å²) in [5, 5.41) is 0. The fourth-order valence-electron chi connectivity index (χ4n) is 1.37. The van der Waals surface area contributed by atoms with Crippen molar-refractivity contribution in [3.8, 4) is 11.5 Å². The van der Waals surface area contributed by atoms with Crippen molar-refractivity contribution in [2.75, 3.05) is 20.3 Å². The summed E-state index contributed by atoms with van der Waals surface area (Å²) in [6.07, 6.45) is 0. The van der Waals surface area contributed by atoms with Crippen LogP contribution >= 0.6 is 0 Å². The average Bonchev–Trinajstić information content (AvgIpc) is 2.29. The Hall–Kier alpha value is -1.71. The maximum absolute atomic E-state index is 11.6. The van der Waals surface area contributed by atoms with Crippen LogP contribution in [-0.4, -0.2) is 26.3 Å². The predicted octanol–water partition coefficient (Wildman–Crippen LogP) is 2.27. The first-order valence-electron chi connectivity index (χ1n) is 5.21. The Balaban J connectivity index is 3.17. The second kappa shape index (κ2) is 6.00. The van der Waals surface area contributed by atoms with Crippen LogP contribution in [0.15, 0.2) is 18.2 Å². The summed E-state index contributed by atoms with van der Waals surface area (Å²) in [5.74, 6) is 0.521. The largest absolute Gasteiger partial charge is 0.493 e. The first-order valence-corrected chi connectivity index (χ1v) is 5.21. The van der Waals surface area contributed by atoms with Crippen LogP contribution in [0.1, 0.15) is 24.2 Å². The highest BCUT2D eigenvalue weighted by Gasteiger charge is 2.18. The molecule has 0 saturated heterocycles. The zero-order chi connectivity index (χ0) is 12.0. The molecule has 0 atom stereocenters. The quantitative estimate of drug-likeness (QED) is 0.720. The molecule has 0 fully saturated rings. The topological polar surface area (TPSA) is 44.8 Å². The van der Waals surface area contributed by atoms with Gasteiger partial charge in [0.1, 0.15) is 17.1 Å². The van der Waals surface area contributed by atoms with E-state index in [0.717, 1.165) is 0 Å². The van der Waals surface area contributed by atoms with Crippen LogP contribution in [0, 0.1) is 0 Å². The summed E-state index contributed by atoms with van der Waals surface area (Å²) in [6.45, 7) is 4.68. The zero-order valence-electron chi connectivity index (χ0n) is 9.78. The van der Waals surface area contributed by atoms with Gasteiger partial charge in [-0.3, -0.25) is 0 Å². The number of rotatable bonds is 5. The maximum Gasteiger partial charge on any atom is 0.345 e. The Morgan fingerprint density at radius 1 is 1.12 bits per heavy atom. The monoisotopic (exact) mass is 224 g/mol. The lowest BCUT2D eigenvalue weighted by atomic mass is 10.2. The van der Waals surface area contributed by atoms with Gasteiger partial charge in [-0.1, -0.05) is 6.07 Å². The molecule has 0 aliphatic heterocycles. The molecule has 0 spiro atoms. The number of carbonyl (C=O) groups excluding carboxylic acids is 1. The molecule has 0 aliphatic rings. The molecule has 0 bridgehead atoms. The van der Waals surface area contributed by atoms with Crippen LogP contribution < -0.4 is 9.47 Å². The third kappa shape index (κ3) is 2.66. The van der Waals surface area contributed by atoms with Gasteiger partial charge in [-0.2, -0.15) is 0 Å². The van der Waals surface area contributed by atoms with E-state index < -0.39 is 5.97 Å². The Morgan fingerprint density at radius 3 is 2.00 bits per heavy atom. The van der Waals surface area contributed by atoms with Gasteiger partial charge in [0.15, 0.2) is 0 Å². The van der Waals surface area contributed by atoms with Crippen LogP contribution in [0.2, 0.25) is 0 Å². The van der Waals surface area contributed by atoms with Crippen LogP contribution in [0.5, 0.6) is 11.5 Å². The van der Waals surface area contributed by atoms with Crippen molar-refractivity contribution in [1.29, 1.82) is 0 Å². The SMILES string of the molecule is CCOc1cccc(OCC)c1C(=O)OC. The van der Waals surface area contributed by atoms with Gasteiger partial charge in [0.2, 0.25) is 0 Å². The molecule has 1 rings (SSSR count). The molecule has 0 amide bonds. The number of hydrogen-bond donors (Lipinski definition) is 0. The molecular weight excluding hydrogens is 208 g/mol. The van der Waals surface area contributed by atoms with Crippen molar-refractivity contribution in [2.45, 2.75) is 13.8 Å². The third-order valence-electron chi connectivity index (χ3n) is 1.98. The first kappa shape index (κ1) is 12.4. The van der Waals surface area contributed by atoms with Gasteiger partial charge in [-0.15, -0.1) is 0 Å². The van der Waals surface area contributed by atoms with Gasteiger partial charge in [-0.05, 0) is 26.0 Å². The van der Waals surface area contributed by atoms with E-state index in [1.165, 1.54) is 7.11 Å². The number of esters is 1. The lowest BCUT2D eigenvalue weighted by Crippen LogP contribution is -2.08. The van der Waals surface area contributed by atoms with E-state index in [-0.39, 0.29) is 0 Å². The van der Waals surface area contributed by atoms with Crippen molar-refractivity contribution in [3.63, 3.8) is 0 Å². The first-order chi connectivity index (χ1) is 7.74. The van der Waals surface area contributed by atoms with E-state index in [1.54, 1.807) is 18.2 Å². The fraction of sp³-hybridized carbons (Fsp3) is 0.417. The lowest BCUT2D eigenvalue weighted by molar-refractivity contribution is 0.0591. The summed E-state index contributed by atoms with van der Waals surface area (Å²) < 4.78 is 15.4. The average molecular weight is 224 g/mol. The molecule has 0 radical (unpaired) electrons. The summed E-state index contributed by atoms with van der Waals surface area (Å²) in [4.78, 5) is 11.6. The molecule has 16 heavy (non-hydrogen) atoms. The van der Waals surface area contributed by atoms with E-state index in [9.17, 15) is 4.79 Å². The zero-order valence-corrected chi connectivity index (χ0v) is 9.78.